The van der Waals surface area contributed by atoms with Gasteiger partial charge in [0.15, 0.2) is 11.3 Å². The van der Waals surface area contributed by atoms with Gasteiger partial charge >= 0.3 is 0 Å². The number of benzene rings is 1. The van der Waals surface area contributed by atoms with Gasteiger partial charge in [-0.2, -0.15) is 0 Å². The number of nitrogens with zero attached hydrogens (tertiary/aromatic N) is 2. The number of rotatable bonds is 3. The molecule has 146 valence electrons. The van der Waals surface area contributed by atoms with Crippen LogP contribution in [0.5, 0.6) is 0 Å². The molecule has 3 aromatic heterocycles. The highest BCUT2D eigenvalue weighted by atomic mass is 32.1. The van der Waals surface area contributed by atoms with Gasteiger partial charge in [-0.05, 0) is 29.6 Å². The van der Waals surface area contributed by atoms with Crippen LogP contribution in [0, 0.1) is 5.82 Å². The third kappa shape index (κ3) is 3.30. The van der Waals surface area contributed by atoms with Crippen LogP contribution < -0.4 is 11.0 Å². The number of hydrogen-bond donors (Lipinski definition) is 1. The molecule has 1 aliphatic rings. The quantitative estimate of drug-likeness (QED) is 0.562. The van der Waals surface area contributed by atoms with Gasteiger partial charge in [0.05, 0.1) is 27.8 Å². The number of nitrogens with one attached hydrogen (secondary N) is 1. The fourth-order valence-electron chi connectivity index (χ4n) is 3.64. The minimum atomic E-state index is -0.479. The summed E-state index contributed by atoms with van der Waals surface area (Å²) in [5, 5.41) is 2.16. The van der Waals surface area contributed by atoms with Gasteiger partial charge in [0.1, 0.15) is 11.4 Å². The normalized spacial score (nSPS) is 14.2. The molecule has 4 heterocycles. The molecule has 4 aromatic rings. The molecule has 1 aromatic carbocycles. The van der Waals surface area contributed by atoms with E-state index in [9.17, 15) is 14.0 Å². The van der Waals surface area contributed by atoms with E-state index in [1.54, 1.807) is 0 Å². The standard InChI is InChI=1S/C21H16FN3O3S/c22-13-3-4-17-14(8-13)19(26)12(11-28-17)9-25-6-5-16-15(10-25)21(27)24-20(23-16)18-2-1-7-29-18/h1-4,7-8,11H,5-6,9-10H2,(H,23,24,27). The van der Waals surface area contributed by atoms with Gasteiger partial charge in [-0.1, -0.05) is 6.07 Å². The average molecular weight is 409 g/mol. The summed E-state index contributed by atoms with van der Waals surface area (Å²) >= 11 is 1.53. The van der Waals surface area contributed by atoms with Crippen LogP contribution in [-0.2, 0) is 19.5 Å². The summed E-state index contributed by atoms with van der Waals surface area (Å²) < 4.78 is 19.0. The van der Waals surface area contributed by atoms with E-state index in [-0.39, 0.29) is 16.4 Å². The van der Waals surface area contributed by atoms with Crippen LogP contribution in [-0.4, -0.2) is 21.4 Å². The summed E-state index contributed by atoms with van der Waals surface area (Å²) in [6.45, 7) is 1.37. The van der Waals surface area contributed by atoms with Gasteiger partial charge in [0.25, 0.3) is 5.56 Å². The SMILES string of the molecule is O=c1[nH]c(-c2cccs2)nc2c1CN(Cc1coc3ccc(F)cc3c1=O)CC2. The minimum Gasteiger partial charge on any atom is -0.464 e. The van der Waals surface area contributed by atoms with Gasteiger partial charge < -0.3 is 9.40 Å². The Morgan fingerprint density at radius 3 is 3.00 bits per heavy atom. The largest absolute Gasteiger partial charge is 0.464 e. The summed E-state index contributed by atoms with van der Waals surface area (Å²) in [5.41, 5.74) is 1.79. The first kappa shape index (κ1) is 18.0. The lowest BCUT2D eigenvalue weighted by Gasteiger charge is -2.27. The van der Waals surface area contributed by atoms with E-state index in [4.69, 9.17) is 4.42 Å². The summed E-state index contributed by atoms with van der Waals surface area (Å²) in [7, 11) is 0. The van der Waals surface area contributed by atoms with Crippen molar-refractivity contribution < 1.29 is 8.81 Å². The molecule has 0 amide bonds. The van der Waals surface area contributed by atoms with Gasteiger partial charge in [-0.25, -0.2) is 9.37 Å². The summed E-state index contributed by atoms with van der Waals surface area (Å²) in [6.07, 6.45) is 2.03. The van der Waals surface area contributed by atoms with Crippen molar-refractivity contribution in [1.82, 2.24) is 14.9 Å². The van der Waals surface area contributed by atoms with Crippen molar-refractivity contribution in [3.8, 4) is 10.7 Å². The number of H-pyrrole nitrogens is 1. The van der Waals surface area contributed by atoms with Gasteiger partial charge in [0.2, 0.25) is 0 Å². The number of fused-ring (bicyclic) bond motifs is 2. The van der Waals surface area contributed by atoms with Gasteiger partial charge in [-0.15, -0.1) is 11.3 Å². The second-order valence-corrected chi connectivity index (χ2v) is 7.96. The van der Waals surface area contributed by atoms with E-state index in [1.807, 2.05) is 22.4 Å². The molecule has 0 bridgehead atoms. The molecule has 6 nitrogen and oxygen atoms in total. The van der Waals surface area contributed by atoms with E-state index in [0.717, 1.165) is 10.6 Å². The second-order valence-electron chi connectivity index (χ2n) is 7.01. The minimum absolute atomic E-state index is 0.157. The van der Waals surface area contributed by atoms with Gasteiger partial charge in [-0.3, -0.25) is 14.5 Å². The number of halogens is 1. The van der Waals surface area contributed by atoms with Crippen LogP contribution >= 0.6 is 11.3 Å². The summed E-state index contributed by atoms with van der Waals surface area (Å²) in [4.78, 5) is 35.7. The van der Waals surface area contributed by atoms with E-state index in [2.05, 4.69) is 9.97 Å². The van der Waals surface area contributed by atoms with E-state index in [0.29, 0.717) is 48.6 Å². The van der Waals surface area contributed by atoms with Crippen molar-refractivity contribution in [3.05, 3.63) is 85.2 Å². The van der Waals surface area contributed by atoms with E-state index >= 15 is 0 Å². The highest BCUT2D eigenvalue weighted by Gasteiger charge is 2.23. The molecule has 0 aliphatic carbocycles. The Kier molecular flexibility index (Phi) is 4.37. The molecule has 1 N–H and O–H groups in total. The Hall–Kier alpha value is -3.10. The second kappa shape index (κ2) is 7.06. The zero-order chi connectivity index (χ0) is 20.0. The first-order valence-electron chi connectivity index (χ1n) is 9.17. The maximum atomic E-state index is 13.5. The van der Waals surface area contributed by atoms with E-state index in [1.165, 1.54) is 35.8 Å². The third-order valence-electron chi connectivity index (χ3n) is 5.10. The number of aromatic nitrogens is 2. The lowest BCUT2D eigenvalue weighted by atomic mass is 10.1. The van der Waals surface area contributed by atoms with Crippen molar-refractivity contribution >= 4 is 22.3 Å². The molecule has 1 aliphatic heterocycles. The lowest BCUT2D eigenvalue weighted by Crippen LogP contribution is -2.36. The van der Waals surface area contributed by atoms with Crippen LogP contribution in [0.2, 0.25) is 0 Å². The van der Waals surface area contributed by atoms with Crippen molar-refractivity contribution in [2.75, 3.05) is 6.54 Å². The fourth-order valence-corrected chi connectivity index (χ4v) is 4.31. The first-order chi connectivity index (χ1) is 14.1. The Labute approximate surface area is 168 Å². The Morgan fingerprint density at radius 1 is 1.28 bits per heavy atom. The zero-order valence-corrected chi connectivity index (χ0v) is 16.1. The van der Waals surface area contributed by atoms with Crippen LogP contribution in [0.4, 0.5) is 4.39 Å². The zero-order valence-electron chi connectivity index (χ0n) is 15.3. The van der Waals surface area contributed by atoms with Crippen molar-refractivity contribution in [2.45, 2.75) is 19.5 Å². The predicted molar refractivity (Wildman–Crippen MR) is 108 cm³/mol. The maximum Gasteiger partial charge on any atom is 0.255 e. The van der Waals surface area contributed by atoms with Crippen LogP contribution in [0.3, 0.4) is 0 Å². The highest BCUT2D eigenvalue weighted by molar-refractivity contribution is 7.13. The van der Waals surface area contributed by atoms with Crippen LogP contribution in [0.25, 0.3) is 21.7 Å². The predicted octanol–water partition coefficient (Wildman–Crippen LogP) is 3.30. The smallest absolute Gasteiger partial charge is 0.255 e. The number of aromatic amines is 1. The lowest BCUT2D eigenvalue weighted by molar-refractivity contribution is 0.239. The van der Waals surface area contributed by atoms with Crippen LogP contribution in [0.15, 0.2) is 56.0 Å². The van der Waals surface area contributed by atoms with Crippen molar-refractivity contribution in [2.24, 2.45) is 0 Å². The average Bonchev–Trinajstić information content (AvgIpc) is 3.26. The molecule has 5 rings (SSSR count). The molecule has 29 heavy (non-hydrogen) atoms. The molecule has 0 atom stereocenters. The first-order valence-corrected chi connectivity index (χ1v) is 10.0. The molecule has 0 saturated heterocycles. The molecular formula is C21H16FN3O3S. The molecule has 8 heteroatoms. The summed E-state index contributed by atoms with van der Waals surface area (Å²) in [5.74, 6) is 0.113. The molecule has 0 fully saturated rings. The number of hydrogen-bond acceptors (Lipinski definition) is 6. The molecule has 0 spiro atoms. The Balaban J connectivity index is 1.43. The third-order valence-corrected chi connectivity index (χ3v) is 5.98. The Morgan fingerprint density at radius 2 is 2.17 bits per heavy atom. The topological polar surface area (TPSA) is 79.2 Å². The summed E-state index contributed by atoms with van der Waals surface area (Å²) in [6, 6.07) is 7.74. The number of thiophene rings is 1. The van der Waals surface area contributed by atoms with E-state index < -0.39 is 5.82 Å². The fraction of sp³-hybridized carbons (Fsp3) is 0.190. The van der Waals surface area contributed by atoms with Gasteiger partial charge in [0, 0.05) is 31.6 Å². The molecule has 0 radical (unpaired) electrons. The maximum absolute atomic E-state index is 13.5. The highest BCUT2D eigenvalue weighted by Crippen LogP contribution is 2.23. The monoisotopic (exact) mass is 409 g/mol. The van der Waals surface area contributed by atoms with Crippen molar-refractivity contribution in [1.29, 1.82) is 0 Å². The molecular weight excluding hydrogens is 393 g/mol. The van der Waals surface area contributed by atoms with Crippen molar-refractivity contribution in [3.63, 3.8) is 0 Å². The Bertz CT molecular complexity index is 1330. The molecule has 0 unspecified atom stereocenters. The van der Waals surface area contributed by atoms with Crippen LogP contribution in [0.1, 0.15) is 16.8 Å². The molecule has 0 saturated carbocycles.